The van der Waals surface area contributed by atoms with Crippen LogP contribution < -0.4 is 11.1 Å². The van der Waals surface area contributed by atoms with Gasteiger partial charge in [-0.25, -0.2) is 0 Å². The smallest absolute Gasteiger partial charge is 0.240 e. The predicted octanol–water partition coefficient (Wildman–Crippen LogP) is 0.573. The van der Waals surface area contributed by atoms with Gasteiger partial charge in [0, 0.05) is 0 Å². The highest BCUT2D eigenvalue weighted by Crippen LogP contribution is 2.12. The average molecular weight is 222 g/mol. The fourth-order valence-electron chi connectivity index (χ4n) is 1.26. The molecule has 0 unspecified atom stereocenters. The van der Waals surface area contributed by atoms with Gasteiger partial charge in [-0.05, 0) is 19.4 Å². The number of carbonyl (C=O) groups excluding carboxylic acids is 1. The second-order valence-corrected chi connectivity index (χ2v) is 4.34. The van der Waals surface area contributed by atoms with Gasteiger partial charge in [0.05, 0.1) is 18.2 Å². The van der Waals surface area contributed by atoms with Crippen molar-refractivity contribution in [3.8, 4) is 0 Å². The number of nitrogens with one attached hydrogen (secondary N) is 1. The van der Waals surface area contributed by atoms with E-state index in [0.717, 1.165) is 5.56 Å². The molecule has 4 nitrogen and oxygen atoms in total. The summed E-state index contributed by atoms with van der Waals surface area (Å²) in [6, 6.07) is 8.90. The zero-order valence-electron chi connectivity index (χ0n) is 9.60. The highest BCUT2D eigenvalue weighted by Gasteiger charge is 2.24. The molecule has 0 aromatic heterocycles. The van der Waals surface area contributed by atoms with E-state index in [2.05, 4.69) is 5.32 Å². The van der Waals surface area contributed by atoms with Gasteiger partial charge in [-0.3, -0.25) is 4.79 Å². The number of aliphatic hydroxyl groups is 1. The van der Waals surface area contributed by atoms with Crippen molar-refractivity contribution in [1.29, 1.82) is 0 Å². The van der Waals surface area contributed by atoms with Crippen LogP contribution in [0.1, 0.15) is 25.5 Å². The SMILES string of the molecule is CC(C)(N)C(=O)N[C@H](CO)c1ccccc1. The van der Waals surface area contributed by atoms with E-state index in [-0.39, 0.29) is 12.5 Å². The molecule has 0 aliphatic rings. The molecule has 1 aromatic rings. The second kappa shape index (κ2) is 5.09. The Labute approximate surface area is 95.5 Å². The molecule has 0 radical (unpaired) electrons. The number of hydrogen-bond acceptors (Lipinski definition) is 3. The molecule has 1 atom stereocenters. The van der Waals surface area contributed by atoms with Gasteiger partial charge in [0.15, 0.2) is 0 Å². The summed E-state index contributed by atoms with van der Waals surface area (Å²) in [7, 11) is 0. The van der Waals surface area contributed by atoms with Gasteiger partial charge in [-0.15, -0.1) is 0 Å². The summed E-state index contributed by atoms with van der Waals surface area (Å²) in [5, 5.41) is 11.9. The monoisotopic (exact) mass is 222 g/mol. The van der Waals surface area contributed by atoms with Crippen LogP contribution in [0, 0.1) is 0 Å². The quantitative estimate of drug-likeness (QED) is 0.697. The van der Waals surface area contributed by atoms with Crippen LogP contribution >= 0.6 is 0 Å². The molecule has 88 valence electrons. The van der Waals surface area contributed by atoms with Crippen molar-refractivity contribution in [2.75, 3.05) is 6.61 Å². The van der Waals surface area contributed by atoms with E-state index in [1.807, 2.05) is 30.3 Å². The van der Waals surface area contributed by atoms with E-state index >= 15 is 0 Å². The zero-order valence-corrected chi connectivity index (χ0v) is 9.60. The minimum atomic E-state index is -0.942. The lowest BCUT2D eigenvalue weighted by atomic mass is 10.0. The minimum absolute atomic E-state index is 0.147. The Bertz CT molecular complexity index is 344. The molecule has 4 N–H and O–H groups in total. The first-order chi connectivity index (χ1) is 7.45. The van der Waals surface area contributed by atoms with E-state index in [0.29, 0.717) is 0 Å². The Morgan fingerprint density at radius 2 is 2.00 bits per heavy atom. The van der Waals surface area contributed by atoms with E-state index in [9.17, 15) is 9.90 Å². The second-order valence-electron chi connectivity index (χ2n) is 4.34. The Balaban J connectivity index is 2.75. The third kappa shape index (κ3) is 3.32. The zero-order chi connectivity index (χ0) is 12.2. The van der Waals surface area contributed by atoms with Crippen molar-refractivity contribution in [3.05, 3.63) is 35.9 Å². The molecule has 0 fully saturated rings. The summed E-state index contributed by atoms with van der Waals surface area (Å²) in [6.07, 6.45) is 0. The number of nitrogens with two attached hydrogens (primary N) is 1. The molecule has 0 saturated heterocycles. The Hall–Kier alpha value is -1.39. The highest BCUT2D eigenvalue weighted by atomic mass is 16.3. The molecular weight excluding hydrogens is 204 g/mol. The molecule has 16 heavy (non-hydrogen) atoms. The Kier molecular flexibility index (Phi) is 4.04. The van der Waals surface area contributed by atoms with Crippen LogP contribution in [0.3, 0.4) is 0 Å². The third-order valence-electron chi connectivity index (χ3n) is 2.28. The molecule has 0 saturated carbocycles. The summed E-state index contributed by atoms with van der Waals surface area (Å²) in [6.45, 7) is 3.11. The van der Waals surface area contributed by atoms with Gasteiger partial charge in [0.2, 0.25) is 5.91 Å². The summed E-state index contributed by atoms with van der Waals surface area (Å²) in [5.41, 5.74) is 5.59. The van der Waals surface area contributed by atoms with Gasteiger partial charge >= 0.3 is 0 Å². The van der Waals surface area contributed by atoms with Crippen molar-refractivity contribution < 1.29 is 9.90 Å². The van der Waals surface area contributed by atoms with Crippen molar-refractivity contribution in [1.82, 2.24) is 5.32 Å². The normalized spacial score (nSPS) is 13.2. The first kappa shape index (κ1) is 12.7. The topological polar surface area (TPSA) is 75.4 Å². The van der Waals surface area contributed by atoms with Crippen LogP contribution in [-0.4, -0.2) is 23.2 Å². The number of benzene rings is 1. The van der Waals surface area contributed by atoms with Crippen LogP contribution in [0.15, 0.2) is 30.3 Å². The summed E-state index contributed by atoms with van der Waals surface area (Å²) in [5.74, 6) is -0.282. The van der Waals surface area contributed by atoms with Crippen molar-refractivity contribution in [2.45, 2.75) is 25.4 Å². The molecule has 4 heteroatoms. The lowest BCUT2D eigenvalue weighted by Gasteiger charge is -2.23. The molecule has 0 bridgehead atoms. The Morgan fingerprint density at radius 3 is 2.44 bits per heavy atom. The van der Waals surface area contributed by atoms with E-state index in [1.165, 1.54) is 0 Å². The Morgan fingerprint density at radius 1 is 1.44 bits per heavy atom. The average Bonchev–Trinajstić information content (AvgIpc) is 2.25. The van der Waals surface area contributed by atoms with Crippen LogP contribution in [0.25, 0.3) is 0 Å². The maximum atomic E-state index is 11.7. The first-order valence-corrected chi connectivity index (χ1v) is 5.21. The third-order valence-corrected chi connectivity index (χ3v) is 2.28. The molecule has 1 rings (SSSR count). The standard InChI is InChI=1S/C12H18N2O2/c1-12(2,13)11(16)14-10(8-15)9-6-4-3-5-7-9/h3-7,10,15H,8,13H2,1-2H3,(H,14,16)/t10-/m1/s1. The van der Waals surface area contributed by atoms with Gasteiger partial charge in [0.1, 0.15) is 0 Å². The highest BCUT2D eigenvalue weighted by molar-refractivity contribution is 5.85. The molecule has 0 heterocycles. The largest absolute Gasteiger partial charge is 0.394 e. The maximum absolute atomic E-state index is 11.7. The summed E-state index contributed by atoms with van der Waals surface area (Å²) >= 11 is 0. The number of amides is 1. The van der Waals surface area contributed by atoms with Crippen molar-refractivity contribution in [3.63, 3.8) is 0 Å². The molecule has 1 amide bonds. The van der Waals surface area contributed by atoms with E-state index in [1.54, 1.807) is 13.8 Å². The van der Waals surface area contributed by atoms with Crippen LogP contribution in [0.2, 0.25) is 0 Å². The fourth-order valence-corrected chi connectivity index (χ4v) is 1.26. The number of aliphatic hydroxyl groups excluding tert-OH is 1. The van der Waals surface area contributed by atoms with Crippen LogP contribution in [0.4, 0.5) is 0 Å². The molecule has 1 aromatic carbocycles. The molecular formula is C12H18N2O2. The summed E-state index contributed by atoms with van der Waals surface area (Å²) < 4.78 is 0. The fraction of sp³-hybridized carbons (Fsp3) is 0.417. The molecule has 0 aliphatic carbocycles. The van der Waals surface area contributed by atoms with Gasteiger partial charge < -0.3 is 16.2 Å². The van der Waals surface area contributed by atoms with Gasteiger partial charge in [-0.1, -0.05) is 30.3 Å². The minimum Gasteiger partial charge on any atom is -0.394 e. The lowest BCUT2D eigenvalue weighted by molar-refractivity contribution is -0.126. The number of hydrogen-bond donors (Lipinski definition) is 3. The van der Waals surface area contributed by atoms with Crippen LogP contribution in [-0.2, 0) is 4.79 Å². The van der Waals surface area contributed by atoms with Crippen molar-refractivity contribution in [2.24, 2.45) is 5.73 Å². The maximum Gasteiger partial charge on any atom is 0.240 e. The number of carbonyl (C=O) groups is 1. The van der Waals surface area contributed by atoms with E-state index < -0.39 is 11.6 Å². The van der Waals surface area contributed by atoms with Gasteiger partial charge in [0.25, 0.3) is 0 Å². The van der Waals surface area contributed by atoms with Crippen molar-refractivity contribution >= 4 is 5.91 Å². The van der Waals surface area contributed by atoms with Gasteiger partial charge in [-0.2, -0.15) is 0 Å². The van der Waals surface area contributed by atoms with E-state index in [4.69, 9.17) is 5.73 Å². The summed E-state index contributed by atoms with van der Waals surface area (Å²) in [4.78, 5) is 11.7. The first-order valence-electron chi connectivity index (χ1n) is 5.21. The molecule has 0 aliphatic heterocycles. The lowest BCUT2D eigenvalue weighted by Crippen LogP contribution is -2.50. The molecule has 0 spiro atoms. The predicted molar refractivity (Wildman–Crippen MR) is 62.7 cm³/mol. The number of rotatable bonds is 4. The van der Waals surface area contributed by atoms with Crippen LogP contribution in [0.5, 0.6) is 0 Å².